The molecule has 1 atom stereocenters. The molecule has 0 saturated carbocycles. The number of nitrogens with one attached hydrogen (secondary N) is 1. The Morgan fingerprint density at radius 2 is 2.19 bits per heavy atom. The van der Waals surface area contributed by atoms with E-state index in [1.54, 1.807) is 0 Å². The predicted molar refractivity (Wildman–Crippen MR) is 88.3 cm³/mol. The van der Waals surface area contributed by atoms with Gasteiger partial charge >= 0.3 is 0 Å². The van der Waals surface area contributed by atoms with E-state index in [1.165, 1.54) is 30.4 Å². The molecule has 0 aliphatic carbocycles. The van der Waals surface area contributed by atoms with Gasteiger partial charge in [0.2, 0.25) is 0 Å². The lowest BCUT2D eigenvalue weighted by Crippen LogP contribution is -2.30. The van der Waals surface area contributed by atoms with Crippen molar-refractivity contribution < 1.29 is 4.74 Å². The quantitative estimate of drug-likeness (QED) is 0.745. The van der Waals surface area contributed by atoms with Gasteiger partial charge in [-0.15, -0.1) is 0 Å². The lowest BCUT2D eigenvalue weighted by molar-refractivity contribution is 0.0411. The first-order valence-electron chi connectivity index (χ1n) is 8.32. The first kappa shape index (κ1) is 16.5. The van der Waals surface area contributed by atoms with Crippen LogP contribution in [0.5, 0.6) is 0 Å². The first-order valence-corrected chi connectivity index (χ1v) is 8.32. The molecule has 3 nitrogen and oxygen atoms in total. The Balaban J connectivity index is 1.79. The van der Waals surface area contributed by atoms with Crippen molar-refractivity contribution in [2.45, 2.75) is 39.3 Å². The standard InChI is InChI=1S/C18H30N2O/c1-3-9-19-12-16-6-4-7-17(11-16)13-20(2)14-18-8-5-10-21-15-18/h4,6-7,11,18-19H,3,5,8-10,12-15H2,1-2H3. The van der Waals surface area contributed by atoms with Crippen molar-refractivity contribution in [3.63, 3.8) is 0 Å². The molecule has 0 amide bonds. The van der Waals surface area contributed by atoms with Gasteiger partial charge in [-0.05, 0) is 49.9 Å². The Morgan fingerprint density at radius 3 is 2.95 bits per heavy atom. The zero-order valence-electron chi connectivity index (χ0n) is 13.6. The summed E-state index contributed by atoms with van der Waals surface area (Å²) in [5.41, 5.74) is 2.79. The van der Waals surface area contributed by atoms with Crippen molar-refractivity contribution in [2.75, 3.05) is 33.4 Å². The fourth-order valence-corrected chi connectivity index (χ4v) is 3.02. The summed E-state index contributed by atoms with van der Waals surface area (Å²) in [5, 5.41) is 3.47. The molecule has 1 heterocycles. The van der Waals surface area contributed by atoms with Crippen molar-refractivity contribution in [1.82, 2.24) is 10.2 Å². The number of nitrogens with zero attached hydrogens (tertiary/aromatic N) is 1. The Hall–Kier alpha value is -0.900. The van der Waals surface area contributed by atoms with Crippen LogP contribution in [-0.2, 0) is 17.8 Å². The molecule has 2 rings (SSSR count). The number of benzene rings is 1. The van der Waals surface area contributed by atoms with Crippen LogP contribution in [-0.4, -0.2) is 38.3 Å². The second kappa shape index (κ2) is 9.19. The molecule has 21 heavy (non-hydrogen) atoms. The van der Waals surface area contributed by atoms with E-state index >= 15 is 0 Å². The number of hydrogen-bond acceptors (Lipinski definition) is 3. The Labute approximate surface area is 129 Å². The molecule has 0 spiro atoms. The predicted octanol–water partition coefficient (Wildman–Crippen LogP) is 3.04. The second-order valence-corrected chi connectivity index (χ2v) is 6.28. The maximum atomic E-state index is 5.57. The molecule has 0 radical (unpaired) electrons. The SMILES string of the molecule is CCCNCc1cccc(CN(C)CC2CCCOC2)c1. The minimum atomic E-state index is 0.707. The second-order valence-electron chi connectivity index (χ2n) is 6.28. The van der Waals surface area contributed by atoms with Crippen LogP contribution in [0.25, 0.3) is 0 Å². The molecule has 1 aliphatic rings. The van der Waals surface area contributed by atoms with Gasteiger partial charge in [0, 0.05) is 26.2 Å². The highest BCUT2D eigenvalue weighted by Gasteiger charge is 2.15. The van der Waals surface area contributed by atoms with E-state index < -0.39 is 0 Å². The smallest absolute Gasteiger partial charge is 0.0506 e. The summed E-state index contributed by atoms with van der Waals surface area (Å²) in [4.78, 5) is 2.43. The molecule has 118 valence electrons. The van der Waals surface area contributed by atoms with Gasteiger partial charge in [-0.2, -0.15) is 0 Å². The van der Waals surface area contributed by atoms with Crippen LogP contribution in [0, 0.1) is 5.92 Å². The van der Waals surface area contributed by atoms with Crippen LogP contribution in [0.1, 0.15) is 37.3 Å². The first-order chi connectivity index (χ1) is 10.3. The molecular weight excluding hydrogens is 260 g/mol. The summed E-state index contributed by atoms with van der Waals surface area (Å²) in [5.74, 6) is 0.707. The summed E-state index contributed by atoms with van der Waals surface area (Å²) in [6.45, 7) is 8.32. The maximum absolute atomic E-state index is 5.57. The number of hydrogen-bond donors (Lipinski definition) is 1. The topological polar surface area (TPSA) is 24.5 Å². The van der Waals surface area contributed by atoms with E-state index in [0.29, 0.717) is 5.92 Å². The summed E-state index contributed by atoms with van der Waals surface area (Å²) < 4.78 is 5.57. The van der Waals surface area contributed by atoms with E-state index in [1.807, 2.05) is 0 Å². The molecular formula is C18H30N2O. The van der Waals surface area contributed by atoms with Crippen LogP contribution in [0.3, 0.4) is 0 Å². The van der Waals surface area contributed by atoms with Gasteiger partial charge in [0.05, 0.1) is 6.61 Å². The highest BCUT2D eigenvalue weighted by Crippen LogP contribution is 2.16. The van der Waals surface area contributed by atoms with Gasteiger partial charge in [-0.25, -0.2) is 0 Å². The van der Waals surface area contributed by atoms with Crippen molar-refractivity contribution in [1.29, 1.82) is 0 Å². The average Bonchev–Trinajstić information content (AvgIpc) is 2.49. The molecule has 0 aromatic heterocycles. The van der Waals surface area contributed by atoms with Gasteiger partial charge in [0.1, 0.15) is 0 Å². The highest BCUT2D eigenvalue weighted by molar-refractivity contribution is 5.23. The largest absolute Gasteiger partial charge is 0.381 e. The van der Waals surface area contributed by atoms with Crippen molar-refractivity contribution >= 4 is 0 Å². The molecule has 1 aromatic rings. The minimum absolute atomic E-state index is 0.707. The Kier molecular flexibility index (Phi) is 7.20. The van der Waals surface area contributed by atoms with Crippen LogP contribution in [0.15, 0.2) is 24.3 Å². The fourth-order valence-electron chi connectivity index (χ4n) is 3.02. The lowest BCUT2D eigenvalue weighted by Gasteiger charge is -2.27. The van der Waals surface area contributed by atoms with Gasteiger partial charge < -0.3 is 15.0 Å². The average molecular weight is 290 g/mol. The molecule has 1 saturated heterocycles. The van der Waals surface area contributed by atoms with E-state index in [-0.39, 0.29) is 0 Å². The molecule has 1 aromatic carbocycles. The van der Waals surface area contributed by atoms with E-state index in [9.17, 15) is 0 Å². The van der Waals surface area contributed by atoms with E-state index in [4.69, 9.17) is 4.74 Å². The van der Waals surface area contributed by atoms with Crippen molar-refractivity contribution in [3.05, 3.63) is 35.4 Å². The Morgan fingerprint density at radius 1 is 1.33 bits per heavy atom. The third-order valence-electron chi connectivity index (χ3n) is 4.02. The van der Waals surface area contributed by atoms with Gasteiger partial charge in [-0.3, -0.25) is 0 Å². The van der Waals surface area contributed by atoms with Crippen LogP contribution < -0.4 is 5.32 Å². The van der Waals surface area contributed by atoms with E-state index in [0.717, 1.165) is 39.4 Å². The summed E-state index contributed by atoms with van der Waals surface area (Å²) in [6.07, 6.45) is 3.72. The highest BCUT2D eigenvalue weighted by atomic mass is 16.5. The summed E-state index contributed by atoms with van der Waals surface area (Å²) >= 11 is 0. The summed E-state index contributed by atoms with van der Waals surface area (Å²) in [6, 6.07) is 8.95. The van der Waals surface area contributed by atoms with Crippen LogP contribution in [0.2, 0.25) is 0 Å². The molecule has 1 N–H and O–H groups in total. The van der Waals surface area contributed by atoms with Crippen LogP contribution >= 0.6 is 0 Å². The molecule has 3 heteroatoms. The lowest BCUT2D eigenvalue weighted by atomic mass is 10.0. The molecule has 1 aliphatic heterocycles. The molecule has 0 bridgehead atoms. The zero-order chi connectivity index (χ0) is 14.9. The molecule has 1 unspecified atom stereocenters. The van der Waals surface area contributed by atoms with Crippen LogP contribution in [0.4, 0.5) is 0 Å². The molecule has 1 fully saturated rings. The minimum Gasteiger partial charge on any atom is -0.381 e. The van der Waals surface area contributed by atoms with Gasteiger partial charge in [-0.1, -0.05) is 31.2 Å². The number of ether oxygens (including phenoxy) is 1. The third-order valence-corrected chi connectivity index (χ3v) is 4.02. The van der Waals surface area contributed by atoms with Crippen molar-refractivity contribution in [2.24, 2.45) is 5.92 Å². The third kappa shape index (κ3) is 6.16. The number of rotatable bonds is 8. The monoisotopic (exact) mass is 290 g/mol. The van der Waals surface area contributed by atoms with Crippen molar-refractivity contribution in [3.8, 4) is 0 Å². The van der Waals surface area contributed by atoms with Gasteiger partial charge in [0.25, 0.3) is 0 Å². The van der Waals surface area contributed by atoms with Gasteiger partial charge in [0.15, 0.2) is 0 Å². The fraction of sp³-hybridized carbons (Fsp3) is 0.667. The van der Waals surface area contributed by atoms with E-state index in [2.05, 4.69) is 48.5 Å². The zero-order valence-corrected chi connectivity index (χ0v) is 13.6. The normalized spacial score (nSPS) is 19.1. The Bertz CT molecular complexity index is 402. The maximum Gasteiger partial charge on any atom is 0.0506 e. The summed E-state index contributed by atoms with van der Waals surface area (Å²) in [7, 11) is 2.22.